The summed E-state index contributed by atoms with van der Waals surface area (Å²) in [6, 6.07) is 29.9. The van der Waals surface area contributed by atoms with E-state index < -0.39 is 11.8 Å². The van der Waals surface area contributed by atoms with E-state index in [2.05, 4.69) is 33.9 Å². The molecule has 0 radical (unpaired) electrons. The highest BCUT2D eigenvalue weighted by molar-refractivity contribution is 6.35. The van der Waals surface area contributed by atoms with Crippen molar-refractivity contribution in [3.63, 3.8) is 0 Å². The molecule has 0 N–H and O–H groups in total. The van der Waals surface area contributed by atoms with Gasteiger partial charge in [0.2, 0.25) is 0 Å². The number of imide groups is 1. The van der Waals surface area contributed by atoms with Crippen molar-refractivity contribution < 1.29 is 9.59 Å². The third-order valence-electron chi connectivity index (χ3n) is 8.91. The highest BCUT2D eigenvalue weighted by Crippen LogP contribution is 2.61. The number of hydrogen-bond donors (Lipinski definition) is 0. The maximum absolute atomic E-state index is 13.9. The van der Waals surface area contributed by atoms with E-state index in [0.717, 1.165) is 49.3 Å². The molecule has 1 fully saturated rings. The number of halogens is 2. The Morgan fingerprint density at radius 1 is 0.732 bits per heavy atom. The van der Waals surface area contributed by atoms with Crippen molar-refractivity contribution in [1.82, 2.24) is 9.58 Å². The summed E-state index contributed by atoms with van der Waals surface area (Å²) in [5.74, 6) is -1.68. The number of fused-ring (bicyclic) bond motifs is 1. The zero-order valence-corrected chi connectivity index (χ0v) is 23.3. The number of rotatable bonds is 4. The largest absolute Gasteiger partial charge is 0.342 e. The van der Waals surface area contributed by atoms with Gasteiger partial charge in [-0.1, -0.05) is 96.0 Å². The van der Waals surface area contributed by atoms with E-state index in [-0.39, 0.29) is 23.7 Å². The van der Waals surface area contributed by atoms with Crippen LogP contribution in [0.25, 0.3) is 10.9 Å². The molecule has 7 heteroatoms. The number of benzene rings is 4. The van der Waals surface area contributed by atoms with Gasteiger partial charge in [0.15, 0.2) is 0 Å². The van der Waals surface area contributed by atoms with E-state index in [1.54, 1.807) is 12.3 Å². The number of amides is 2. The Labute approximate surface area is 246 Å². The summed E-state index contributed by atoms with van der Waals surface area (Å²) in [6.07, 6.45) is 3.62. The number of carbonyl (C=O) groups excluding carboxylic acids is 2. The van der Waals surface area contributed by atoms with E-state index in [0.29, 0.717) is 16.6 Å². The average molecular weight is 576 g/mol. The lowest BCUT2D eigenvalue weighted by molar-refractivity contribution is -0.139. The second-order valence-electron chi connectivity index (χ2n) is 11.0. The summed E-state index contributed by atoms with van der Waals surface area (Å²) in [7, 11) is 0. The number of hydrogen-bond acceptors (Lipinski definition) is 3. The molecule has 4 aromatic carbocycles. The molecule has 200 valence electrons. The number of aromatic nitrogens is 1. The van der Waals surface area contributed by atoms with Gasteiger partial charge in [0.1, 0.15) is 0 Å². The molecule has 0 saturated carbocycles. The van der Waals surface area contributed by atoms with Gasteiger partial charge in [-0.3, -0.25) is 9.59 Å². The Morgan fingerprint density at radius 3 is 1.88 bits per heavy atom. The first-order valence-electron chi connectivity index (χ1n) is 13.6. The third kappa shape index (κ3) is 3.59. The van der Waals surface area contributed by atoms with Gasteiger partial charge in [0.25, 0.3) is 11.8 Å². The van der Waals surface area contributed by atoms with Crippen LogP contribution in [0, 0.1) is 11.8 Å². The molecule has 5 aromatic rings. The minimum Gasteiger partial charge on any atom is -0.342 e. The SMILES string of the molecule is O=C1C2C3c4ccccc4C(c4ccccc43)C2C(=O)N1/N=C/c1cn(Cc2ccc(Cl)cc2Cl)c2ccccc12. The number of hydrazone groups is 1. The fourth-order valence-electron chi connectivity index (χ4n) is 7.24. The van der Waals surface area contributed by atoms with Crippen LogP contribution in [0.2, 0.25) is 10.0 Å². The zero-order valence-electron chi connectivity index (χ0n) is 21.7. The van der Waals surface area contributed by atoms with E-state index in [1.807, 2.05) is 66.9 Å². The number of para-hydroxylation sites is 1. The summed E-state index contributed by atoms with van der Waals surface area (Å²) in [5.41, 5.74) is 7.33. The number of nitrogens with zero attached hydrogens (tertiary/aromatic N) is 3. The normalized spacial score (nSPS) is 22.4. The first-order chi connectivity index (χ1) is 20.0. The molecule has 0 spiro atoms. The highest BCUT2D eigenvalue weighted by atomic mass is 35.5. The fourth-order valence-corrected chi connectivity index (χ4v) is 7.71. The predicted octanol–water partition coefficient (Wildman–Crippen LogP) is 7.22. The van der Waals surface area contributed by atoms with E-state index in [4.69, 9.17) is 23.2 Å². The molecule has 5 nitrogen and oxygen atoms in total. The predicted molar refractivity (Wildman–Crippen MR) is 160 cm³/mol. The van der Waals surface area contributed by atoms with E-state index in [1.165, 1.54) is 0 Å². The molecular weight excluding hydrogens is 553 g/mol. The monoisotopic (exact) mass is 575 g/mol. The zero-order chi connectivity index (χ0) is 27.8. The van der Waals surface area contributed by atoms with Gasteiger partial charge in [-0.2, -0.15) is 10.1 Å². The molecule has 2 atom stereocenters. The molecule has 2 amide bonds. The Hall–Kier alpha value is -4.19. The Bertz CT molecular complexity index is 1830. The van der Waals surface area contributed by atoms with Crippen molar-refractivity contribution in [3.8, 4) is 0 Å². The van der Waals surface area contributed by atoms with E-state index >= 15 is 0 Å². The maximum atomic E-state index is 13.9. The van der Waals surface area contributed by atoms with Crippen LogP contribution in [-0.2, 0) is 16.1 Å². The lowest BCUT2D eigenvalue weighted by atomic mass is 9.55. The van der Waals surface area contributed by atoms with Gasteiger partial charge in [0, 0.05) is 51.1 Å². The van der Waals surface area contributed by atoms with Crippen molar-refractivity contribution >= 4 is 52.1 Å². The molecule has 2 bridgehead atoms. The Kier molecular flexibility index (Phi) is 5.50. The van der Waals surface area contributed by atoms with Crippen molar-refractivity contribution in [2.45, 2.75) is 18.4 Å². The second kappa shape index (κ2) is 9.16. The Morgan fingerprint density at radius 2 is 1.29 bits per heavy atom. The van der Waals surface area contributed by atoms with Gasteiger partial charge in [-0.15, -0.1) is 0 Å². The first kappa shape index (κ1) is 24.6. The van der Waals surface area contributed by atoms with Gasteiger partial charge in [-0.05, 0) is 46.0 Å². The quantitative estimate of drug-likeness (QED) is 0.168. The van der Waals surface area contributed by atoms with Gasteiger partial charge in [0.05, 0.1) is 18.1 Å². The smallest absolute Gasteiger partial charge is 0.254 e. The molecule has 9 rings (SSSR count). The first-order valence-corrected chi connectivity index (χ1v) is 14.4. The Balaban J connectivity index is 1.16. The molecule has 1 aliphatic heterocycles. The van der Waals surface area contributed by atoms with Crippen LogP contribution in [-0.4, -0.2) is 27.6 Å². The van der Waals surface area contributed by atoms with Crippen LogP contribution in [0.1, 0.15) is 45.2 Å². The molecule has 3 aliphatic carbocycles. The highest BCUT2D eigenvalue weighted by Gasteiger charge is 2.61. The molecular formula is C34H23Cl2N3O2. The number of carbonyl (C=O) groups is 2. The summed E-state index contributed by atoms with van der Waals surface area (Å²) < 4.78 is 2.09. The summed E-state index contributed by atoms with van der Waals surface area (Å²) in [6.45, 7) is 0.538. The maximum Gasteiger partial charge on any atom is 0.254 e. The van der Waals surface area contributed by atoms with Crippen molar-refractivity contribution in [2.75, 3.05) is 0 Å². The summed E-state index contributed by atoms with van der Waals surface area (Å²) >= 11 is 12.6. The van der Waals surface area contributed by atoms with Crippen LogP contribution < -0.4 is 0 Å². The lowest BCUT2D eigenvalue weighted by Crippen LogP contribution is -2.41. The fraction of sp³-hybridized carbons (Fsp3) is 0.147. The topological polar surface area (TPSA) is 54.7 Å². The van der Waals surface area contributed by atoms with Crippen LogP contribution in [0.3, 0.4) is 0 Å². The average Bonchev–Trinajstić information content (AvgIpc) is 3.47. The van der Waals surface area contributed by atoms with Crippen molar-refractivity contribution in [2.24, 2.45) is 16.9 Å². The lowest BCUT2D eigenvalue weighted by Gasteiger charge is -2.45. The van der Waals surface area contributed by atoms with Crippen LogP contribution in [0.4, 0.5) is 0 Å². The molecule has 1 aromatic heterocycles. The minimum absolute atomic E-state index is 0.153. The van der Waals surface area contributed by atoms with E-state index in [9.17, 15) is 9.59 Å². The molecule has 4 aliphatic rings. The standard InChI is InChI=1S/C34H23Cl2N3O2/c35-21-14-13-19(27(36)15-21)17-38-18-20(22-7-5-6-12-28(22)38)16-37-39-33(40)31-29-23-8-1-2-9-24(23)30(32(31)34(39)41)26-11-4-3-10-25(26)29/h1-16,18,29-32H,17H2/b37-16+. The molecule has 2 unspecified atom stereocenters. The second-order valence-corrected chi connectivity index (χ2v) is 11.8. The van der Waals surface area contributed by atoms with Gasteiger partial charge < -0.3 is 4.57 Å². The van der Waals surface area contributed by atoms with Crippen molar-refractivity contribution in [1.29, 1.82) is 0 Å². The molecule has 2 heterocycles. The van der Waals surface area contributed by atoms with Crippen LogP contribution in [0.15, 0.2) is 102 Å². The molecule has 1 saturated heterocycles. The minimum atomic E-state index is -0.456. The van der Waals surface area contributed by atoms with Gasteiger partial charge in [-0.25, -0.2) is 0 Å². The summed E-state index contributed by atoms with van der Waals surface area (Å²) in [5, 5.41) is 7.83. The van der Waals surface area contributed by atoms with Crippen molar-refractivity contribution in [3.05, 3.63) is 141 Å². The third-order valence-corrected chi connectivity index (χ3v) is 9.50. The molecule has 41 heavy (non-hydrogen) atoms. The summed E-state index contributed by atoms with van der Waals surface area (Å²) in [4.78, 5) is 27.8. The van der Waals surface area contributed by atoms with Crippen LogP contribution >= 0.6 is 23.2 Å². The van der Waals surface area contributed by atoms with Crippen LogP contribution in [0.5, 0.6) is 0 Å². The van der Waals surface area contributed by atoms with Gasteiger partial charge >= 0.3 is 0 Å².